The number of aliphatic imine (C=N–C) groups is 1. The van der Waals surface area contributed by atoms with Gasteiger partial charge in [0.25, 0.3) is 11.8 Å². The van der Waals surface area contributed by atoms with E-state index in [0.717, 1.165) is 154 Å². The Hall–Kier alpha value is -9.03. The van der Waals surface area contributed by atoms with Gasteiger partial charge in [-0.2, -0.15) is 0 Å². The van der Waals surface area contributed by atoms with Crippen LogP contribution in [0, 0.1) is 20.8 Å². The fourth-order valence-electron chi connectivity index (χ4n) is 11.5. The summed E-state index contributed by atoms with van der Waals surface area (Å²) in [6.07, 6.45) is 12.4. The third kappa shape index (κ3) is 14.7. The van der Waals surface area contributed by atoms with Gasteiger partial charge >= 0.3 is 0 Å². The summed E-state index contributed by atoms with van der Waals surface area (Å²) in [5.74, 6) is -0.138. The molecule has 0 saturated carbocycles. The van der Waals surface area contributed by atoms with E-state index < -0.39 is 0 Å². The van der Waals surface area contributed by atoms with E-state index in [4.69, 9.17) is 9.98 Å². The van der Waals surface area contributed by atoms with E-state index in [9.17, 15) is 9.59 Å². The molecule has 2 amide bonds. The minimum absolute atomic E-state index is 0.0674. The molecule has 8 aromatic rings. The Balaban J connectivity index is 0.667. The van der Waals surface area contributed by atoms with Gasteiger partial charge in [0.05, 0.1) is 17.1 Å². The molecule has 0 bridgehead atoms. The quantitative estimate of drug-likeness (QED) is 0.0295. The number of hydrogen-bond donors (Lipinski definition) is 3. The summed E-state index contributed by atoms with van der Waals surface area (Å²) in [6.45, 7) is 16.2. The molecule has 12 heteroatoms. The highest BCUT2D eigenvalue weighted by molar-refractivity contribution is 6.14. The second kappa shape index (κ2) is 28.0. The number of allylic oxidation sites excluding steroid dienone is 4. The Kier molecular flexibility index (Phi) is 20.0. The first kappa shape index (κ1) is 60.6. The molecule has 9 rings (SSSR count). The number of likely N-dealkylation sites (N-methyl/N-ethyl adjacent to an activating group) is 1. The number of amides is 2. The maximum atomic E-state index is 13.1. The maximum Gasteiger partial charge on any atom is 0.251 e. The maximum absolute atomic E-state index is 13.1. The van der Waals surface area contributed by atoms with Crippen LogP contribution in [-0.2, 0) is 0 Å². The molecule has 0 atom stereocenters. The summed E-state index contributed by atoms with van der Waals surface area (Å²) in [6, 6.07) is 49.3. The molecule has 0 radical (unpaired) electrons. The summed E-state index contributed by atoms with van der Waals surface area (Å²) < 4.78 is 2.37. The molecule has 0 saturated heterocycles. The zero-order chi connectivity index (χ0) is 60.1. The lowest BCUT2D eigenvalue weighted by Gasteiger charge is -2.26. The number of hydrogen-bond acceptors (Lipinski definition) is 9. The predicted octanol–water partition coefficient (Wildman–Crippen LogP) is 15.0. The smallest absolute Gasteiger partial charge is 0.251 e. The van der Waals surface area contributed by atoms with Gasteiger partial charge in [-0.05, 0) is 166 Å². The number of carbonyl (C=O) groups is 2. The lowest BCUT2D eigenvalue weighted by molar-refractivity contribution is -0.538. The second-order valence-electron chi connectivity index (χ2n) is 23.1. The molecular formula is C73H85N10O2+. The Bertz CT molecular complexity index is 3770. The molecule has 0 aliphatic heterocycles. The third-order valence-corrected chi connectivity index (χ3v) is 16.4. The van der Waals surface area contributed by atoms with E-state index in [-0.39, 0.29) is 11.8 Å². The van der Waals surface area contributed by atoms with Crippen LogP contribution in [0.1, 0.15) is 95.7 Å². The van der Waals surface area contributed by atoms with Gasteiger partial charge in [-0.1, -0.05) is 92.9 Å². The average Bonchev–Trinajstić information content (AvgIpc) is 2.01. The number of fused-ring (bicyclic) bond motifs is 2. The van der Waals surface area contributed by atoms with Crippen molar-refractivity contribution in [3.05, 3.63) is 209 Å². The molecule has 1 heterocycles. The number of para-hydroxylation sites is 2. The van der Waals surface area contributed by atoms with Crippen LogP contribution < -0.4 is 35.2 Å². The topological polar surface area (TPSA) is 112 Å². The third-order valence-electron chi connectivity index (χ3n) is 16.4. The highest BCUT2D eigenvalue weighted by atomic mass is 16.2. The number of rotatable bonds is 25. The van der Waals surface area contributed by atoms with Crippen LogP contribution in [0.5, 0.6) is 0 Å². The molecule has 0 unspecified atom stereocenters. The van der Waals surface area contributed by atoms with Crippen LogP contribution in [-0.4, -0.2) is 95.9 Å². The Morgan fingerprint density at radius 1 is 0.553 bits per heavy atom. The first-order chi connectivity index (χ1) is 41.1. The summed E-state index contributed by atoms with van der Waals surface area (Å²) in [4.78, 5) is 45.5. The molecular weight excluding hydrogens is 1050 g/mol. The van der Waals surface area contributed by atoms with Crippen molar-refractivity contribution < 1.29 is 14.2 Å². The van der Waals surface area contributed by atoms with Gasteiger partial charge in [-0.3, -0.25) is 9.59 Å². The van der Waals surface area contributed by atoms with Crippen molar-refractivity contribution in [1.29, 1.82) is 0 Å². The van der Waals surface area contributed by atoms with E-state index >= 15 is 0 Å². The van der Waals surface area contributed by atoms with Crippen molar-refractivity contribution in [2.45, 2.75) is 79.1 Å². The van der Waals surface area contributed by atoms with E-state index in [2.05, 4.69) is 208 Å². The van der Waals surface area contributed by atoms with Crippen LogP contribution in [0.3, 0.4) is 0 Å². The number of aryl methyl sites for hydroxylation is 3. The molecule has 1 aliphatic rings. The fourth-order valence-corrected chi connectivity index (χ4v) is 11.5. The van der Waals surface area contributed by atoms with Crippen LogP contribution in [0.2, 0.25) is 0 Å². The fraction of sp³-hybridized carbons (Fsp3) is 0.301. The molecule has 1 aromatic heterocycles. The first-order valence-corrected chi connectivity index (χ1v) is 30.1. The van der Waals surface area contributed by atoms with Gasteiger partial charge < -0.3 is 35.6 Å². The number of anilines is 5. The zero-order valence-electron chi connectivity index (χ0n) is 51.7. The molecule has 3 N–H and O–H groups in total. The molecule has 1 aliphatic carbocycles. The SMILES string of the molecule is C=C1C(C)=C(N(C)CCCCCCNC(=O)c2ccc(-c3ccc(C(=O)NCCCCCCN(C)c4ccc5nc6cc(C)c(N(C)C)cc6[n+](-c6ccccc6)c5c4C)cc3)cc2)C=C/C1=N/c1cc(C)c(N(C)C)cc1Nc1ccccc1. The normalized spacial score (nSPS) is 12.7. The second-order valence-corrected chi connectivity index (χ2v) is 23.1. The lowest BCUT2D eigenvalue weighted by atomic mass is 9.95. The van der Waals surface area contributed by atoms with Crippen molar-refractivity contribution in [3.8, 4) is 16.8 Å². The summed E-state index contributed by atoms with van der Waals surface area (Å²) in [5, 5.41) is 9.81. The van der Waals surface area contributed by atoms with Crippen LogP contribution in [0.15, 0.2) is 186 Å². The molecule has 85 heavy (non-hydrogen) atoms. The number of aromatic nitrogens is 2. The number of benzene rings is 7. The Morgan fingerprint density at radius 2 is 1.09 bits per heavy atom. The molecule has 438 valence electrons. The van der Waals surface area contributed by atoms with Gasteiger partial charge in [-0.15, -0.1) is 4.57 Å². The predicted molar refractivity (Wildman–Crippen MR) is 357 cm³/mol. The standard InChI is InChI=1S/C73H84N10O2/c1-50-46-63(64(48-68(50)79(6)7)76-59-26-18-16-19-27-59)77-61-38-40-66(53(4)52(61)3)81(10)44-24-14-12-22-42-74-72(84)57-34-30-55(31-35-57)56-32-36-58(37-33-56)73(85)75-43-23-13-15-25-45-82(11)67-41-39-62-71(54(67)5)83(60-28-20-17-21-29-60)70-49-69(80(8)9)51(2)47-65(70)78-62/h16-21,26-41,46-49,76H,3,12-15,22-25,42-45H2,1-2,4-11H3,(H-,74,75,84,85)/p+1/b77-61-. The van der Waals surface area contributed by atoms with E-state index in [1.807, 2.05) is 66.7 Å². The molecule has 0 spiro atoms. The number of nitrogens with one attached hydrogen (secondary N) is 3. The van der Waals surface area contributed by atoms with Gasteiger partial charge in [0.1, 0.15) is 11.0 Å². The van der Waals surface area contributed by atoms with Crippen molar-refractivity contribution in [3.63, 3.8) is 0 Å². The zero-order valence-corrected chi connectivity index (χ0v) is 51.7. The molecule has 0 fully saturated rings. The van der Waals surface area contributed by atoms with E-state index in [1.54, 1.807) is 0 Å². The monoisotopic (exact) mass is 1130 g/mol. The summed E-state index contributed by atoms with van der Waals surface area (Å²) in [7, 11) is 12.6. The van der Waals surface area contributed by atoms with Crippen LogP contribution in [0.25, 0.3) is 38.9 Å². The minimum Gasteiger partial charge on any atom is -0.377 e. The Labute approximate surface area is 504 Å². The molecule has 12 nitrogen and oxygen atoms in total. The summed E-state index contributed by atoms with van der Waals surface area (Å²) >= 11 is 0. The Morgan fingerprint density at radius 3 is 1.68 bits per heavy atom. The largest absolute Gasteiger partial charge is 0.377 e. The van der Waals surface area contributed by atoms with Gasteiger partial charge in [-0.25, -0.2) is 9.98 Å². The number of unbranched alkanes of at least 4 members (excludes halogenated alkanes) is 6. The van der Waals surface area contributed by atoms with Crippen LogP contribution >= 0.6 is 0 Å². The highest BCUT2D eigenvalue weighted by Gasteiger charge is 2.26. The van der Waals surface area contributed by atoms with Crippen molar-refractivity contribution in [1.82, 2.24) is 20.5 Å². The van der Waals surface area contributed by atoms with Gasteiger partial charge in [0.15, 0.2) is 0 Å². The van der Waals surface area contributed by atoms with E-state index in [1.165, 1.54) is 22.5 Å². The van der Waals surface area contributed by atoms with E-state index in [0.29, 0.717) is 24.2 Å². The van der Waals surface area contributed by atoms with Crippen molar-refractivity contribution in [2.75, 3.05) is 88.5 Å². The number of nitrogens with zero attached hydrogens (tertiary/aromatic N) is 7. The van der Waals surface area contributed by atoms with Gasteiger partial charge in [0.2, 0.25) is 16.7 Å². The van der Waals surface area contributed by atoms with Crippen molar-refractivity contribution in [2.24, 2.45) is 4.99 Å². The number of carbonyl (C=O) groups excluding carboxylic acids is 2. The highest BCUT2D eigenvalue weighted by Crippen LogP contribution is 2.37. The van der Waals surface area contributed by atoms with Crippen molar-refractivity contribution >= 4 is 73.7 Å². The summed E-state index contributed by atoms with van der Waals surface area (Å²) in [5.41, 5.74) is 22.5. The lowest BCUT2D eigenvalue weighted by Crippen LogP contribution is -2.34. The molecule has 7 aromatic carbocycles. The first-order valence-electron chi connectivity index (χ1n) is 30.1. The average molecular weight is 1130 g/mol. The van der Waals surface area contributed by atoms with Gasteiger partial charge in [0, 0.05) is 132 Å². The van der Waals surface area contributed by atoms with Crippen LogP contribution in [0.4, 0.5) is 34.1 Å². The minimum atomic E-state index is -0.0705.